The Morgan fingerprint density at radius 2 is 0.957 bits per heavy atom. The summed E-state index contributed by atoms with van der Waals surface area (Å²) >= 11 is 0. The maximum absolute atomic E-state index is 6.73. The van der Waals surface area contributed by atoms with Gasteiger partial charge in [-0.1, -0.05) is 115 Å². The van der Waals surface area contributed by atoms with Gasteiger partial charge >= 0.3 is 0 Å². The van der Waals surface area contributed by atoms with Crippen LogP contribution in [-0.2, 0) is 0 Å². The van der Waals surface area contributed by atoms with Crippen molar-refractivity contribution in [3.05, 3.63) is 164 Å². The van der Waals surface area contributed by atoms with Gasteiger partial charge in [-0.05, 0) is 64.7 Å². The Kier molecular flexibility index (Phi) is 5.57. The molecule has 10 aromatic rings. The van der Waals surface area contributed by atoms with E-state index in [-0.39, 0.29) is 0 Å². The number of fused-ring (bicyclic) bond motifs is 8. The summed E-state index contributed by atoms with van der Waals surface area (Å²) < 4.78 is 13.0. The molecule has 0 atom stereocenters. The molecule has 2 aromatic heterocycles. The highest BCUT2D eigenvalue weighted by molar-refractivity contribution is 6.14. The molecule has 3 heteroatoms. The van der Waals surface area contributed by atoms with Crippen molar-refractivity contribution in [2.24, 2.45) is 0 Å². The number of benzene rings is 8. The third kappa shape index (κ3) is 4.00. The minimum absolute atomic E-state index is 0.875. The SMILES string of the molecule is c1ccc(N(c2ccc3oc4ccccc4c3c2)c2cccc3ccccc23)c(-c2cccc3c2oc2cc4ccccc4cc23)c1. The van der Waals surface area contributed by atoms with E-state index < -0.39 is 0 Å². The van der Waals surface area contributed by atoms with Crippen LogP contribution < -0.4 is 4.90 Å². The summed E-state index contributed by atoms with van der Waals surface area (Å²) in [6.45, 7) is 0. The number of anilines is 3. The van der Waals surface area contributed by atoms with Crippen molar-refractivity contribution in [1.82, 2.24) is 0 Å². The average Bonchev–Trinajstić information content (AvgIpc) is 3.69. The molecule has 8 aromatic carbocycles. The molecule has 0 saturated carbocycles. The average molecular weight is 602 g/mol. The molecular formula is C44H27NO2. The molecule has 0 aliphatic carbocycles. The van der Waals surface area contributed by atoms with Gasteiger partial charge in [0.2, 0.25) is 0 Å². The molecule has 0 aliphatic heterocycles. The fraction of sp³-hybridized carbons (Fsp3) is 0. The number of furan rings is 2. The Hall–Kier alpha value is -6.32. The first-order valence-electron chi connectivity index (χ1n) is 15.9. The standard InChI is InChI=1S/C44H27NO2/c1-2-13-30-26-43-37(25-29(30)12-1)36-19-10-18-35(44(36)47-43)33-16-5-7-20-40(33)45(39-21-9-14-28-11-3-4-15-32(28)39)31-23-24-42-38(27-31)34-17-6-8-22-41(34)46-42/h1-27H. The van der Waals surface area contributed by atoms with Gasteiger partial charge in [0.1, 0.15) is 22.3 Å². The molecule has 0 radical (unpaired) electrons. The van der Waals surface area contributed by atoms with Crippen LogP contribution in [0, 0.1) is 0 Å². The lowest BCUT2D eigenvalue weighted by Gasteiger charge is -2.29. The molecule has 0 fully saturated rings. The Bertz CT molecular complexity index is 2820. The molecule has 47 heavy (non-hydrogen) atoms. The van der Waals surface area contributed by atoms with Crippen molar-refractivity contribution in [3.8, 4) is 11.1 Å². The highest BCUT2D eigenvalue weighted by Gasteiger charge is 2.22. The zero-order valence-corrected chi connectivity index (χ0v) is 25.4. The van der Waals surface area contributed by atoms with Crippen molar-refractivity contribution >= 4 is 82.5 Å². The predicted octanol–water partition coefficient (Wildman–Crippen LogP) is 12.9. The van der Waals surface area contributed by atoms with E-state index in [1.807, 2.05) is 12.1 Å². The summed E-state index contributed by atoms with van der Waals surface area (Å²) in [5.41, 5.74) is 8.91. The zero-order chi connectivity index (χ0) is 30.9. The summed E-state index contributed by atoms with van der Waals surface area (Å²) in [6, 6.07) is 57.9. The van der Waals surface area contributed by atoms with Crippen LogP contribution in [0.5, 0.6) is 0 Å². The summed E-state index contributed by atoms with van der Waals surface area (Å²) in [5, 5.41) is 9.18. The molecule has 10 rings (SSSR count). The zero-order valence-electron chi connectivity index (χ0n) is 25.4. The van der Waals surface area contributed by atoms with E-state index in [9.17, 15) is 0 Å². The highest BCUT2D eigenvalue weighted by Crippen LogP contribution is 2.47. The van der Waals surface area contributed by atoms with Gasteiger partial charge in [-0.15, -0.1) is 0 Å². The molecule has 2 heterocycles. The molecule has 0 spiro atoms. The monoisotopic (exact) mass is 601 g/mol. The van der Waals surface area contributed by atoms with Crippen molar-refractivity contribution in [1.29, 1.82) is 0 Å². The number of para-hydroxylation sites is 3. The van der Waals surface area contributed by atoms with Crippen molar-refractivity contribution < 1.29 is 8.83 Å². The van der Waals surface area contributed by atoms with Crippen LogP contribution in [0.1, 0.15) is 0 Å². The Labute approximate surface area is 270 Å². The Balaban J connectivity index is 1.26. The lowest BCUT2D eigenvalue weighted by molar-refractivity contribution is 0.669. The first kappa shape index (κ1) is 26.0. The van der Waals surface area contributed by atoms with E-state index >= 15 is 0 Å². The topological polar surface area (TPSA) is 29.5 Å². The van der Waals surface area contributed by atoms with Gasteiger partial charge in [0, 0.05) is 43.7 Å². The first-order valence-corrected chi connectivity index (χ1v) is 15.9. The second-order valence-corrected chi connectivity index (χ2v) is 12.1. The minimum Gasteiger partial charge on any atom is -0.456 e. The number of hydrogen-bond donors (Lipinski definition) is 0. The van der Waals surface area contributed by atoms with Crippen molar-refractivity contribution in [2.45, 2.75) is 0 Å². The maximum atomic E-state index is 6.73. The summed E-state index contributed by atoms with van der Waals surface area (Å²) in [5.74, 6) is 0. The van der Waals surface area contributed by atoms with Crippen LogP contribution in [0.3, 0.4) is 0 Å². The largest absolute Gasteiger partial charge is 0.456 e. The van der Waals surface area contributed by atoms with Crippen molar-refractivity contribution in [2.75, 3.05) is 4.90 Å². The van der Waals surface area contributed by atoms with E-state index in [1.165, 1.54) is 21.5 Å². The lowest BCUT2D eigenvalue weighted by Crippen LogP contribution is -2.11. The normalized spacial score (nSPS) is 11.8. The fourth-order valence-corrected chi connectivity index (χ4v) is 7.26. The van der Waals surface area contributed by atoms with Gasteiger partial charge in [0.05, 0.1) is 11.4 Å². The molecule has 0 amide bonds. The maximum Gasteiger partial charge on any atom is 0.143 e. The van der Waals surface area contributed by atoms with E-state index in [1.54, 1.807) is 0 Å². The van der Waals surface area contributed by atoms with Crippen LogP contribution in [0.2, 0.25) is 0 Å². The highest BCUT2D eigenvalue weighted by atomic mass is 16.3. The molecule has 0 bridgehead atoms. The van der Waals surface area contributed by atoms with Gasteiger partial charge < -0.3 is 13.7 Å². The molecule has 0 saturated heterocycles. The third-order valence-corrected chi connectivity index (χ3v) is 9.43. The second kappa shape index (κ2) is 10.1. The third-order valence-electron chi connectivity index (χ3n) is 9.43. The smallest absolute Gasteiger partial charge is 0.143 e. The van der Waals surface area contributed by atoms with Gasteiger partial charge in [-0.3, -0.25) is 0 Å². The van der Waals surface area contributed by atoms with E-state index in [2.05, 4.69) is 157 Å². The molecule has 0 unspecified atom stereocenters. The van der Waals surface area contributed by atoms with Gasteiger partial charge in [-0.25, -0.2) is 0 Å². The van der Waals surface area contributed by atoms with E-state index in [4.69, 9.17) is 8.83 Å². The molecule has 0 aliphatic rings. The number of rotatable bonds is 4. The molecular weight excluding hydrogens is 574 g/mol. The van der Waals surface area contributed by atoms with E-state index in [0.29, 0.717) is 0 Å². The second-order valence-electron chi connectivity index (χ2n) is 12.1. The van der Waals surface area contributed by atoms with Crippen LogP contribution in [0.15, 0.2) is 173 Å². The molecule has 220 valence electrons. The Morgan fingerprint density at radius 3 is 1.87 bits per heavy atom. The minimum atomic E-state index is 0.875. The lowest BCUT2D eigenvalue weighted by atomic mass is 9.98. The predicted molar refractivity (Wildman–Crippen MR) is 196 cm³/mol. The van der Waals surface area contributed by atoms with Gasteiger partial charge in [0.25, 0.3) is 0 Å². The van der Waals surface area contributed by atoms with Crippen LogP contribution in [-0.4, -0.2) is 0 Å². The fourth-order valence-electron chi connectivity index (χ4n) is 7.26. The first-order chi connectivity index (χ1) is 23.3. The summed E-state index contributed by atoms with van der Waals surface area (Å²) in [7, 11) is 0. The van der Waals surface area contributed by atoms with Crippen LogP contribution >= 0.6 is 0 Å². The van der Waals surface area contributed by atoms with E-state index in [0.717, 1.165) is 72.1 Å². The summed E-state index contributed by atoms with van der Waals surface area (Å²) in [6.07, 6.45) is 0. The van der Waals surface area contributed by atoms with Gasteiger partial charge in [-0.2, -0.15) is 0 Å². The van der Waals surface area contributed by atoms with Crippen molar-refractivity contribution in [3.63, 3.8) is 0 Å². The van der Waals surface area contributed by atoms with Gasteiger partial charge in [0.15, 0.2) is 0 Å². The van der Waals surface area contributed by atoms with Crippen LogP contribution in [0.4, 0.5) is 17.1 Å². The quantitative estimate of drug-likeness (QED) is 0.201. The number of nitrogens with zero attached hydrogens (tertiary/aromatic N) is 1. The number of hydrogen-bond acceptors (Lipinski definition) is 3. The molecule has 0 N–H and O–H groups in total. The summed E-state index contributed by atoms with van der Waals surface area (Å²) in [4.78, 5) is 2.38. The molecule has 3 nitrogen and oxygen atoms in total. The van der Waals surface area contributed by atoms with Crippen LogP contribution in [0.25, 0.3) is 76.5 Å². The Morgan fingerprint density at radius 1 is 0.340 bits per heavy atom.